The van der Waals surface area contributed by atoms with Crippen LogP contribution in [-0.4, -0.2) is 34.4 Å². The number of unbranched alkanes of at least 4 members (excludes halogenated alkanes) is 2. The average Bonchev–Trinajstić information content (AvgIpc) is 3.41. The van der Waals surface area contributed by atoms with Gasteiger partial charge in [0.15, 0.2) is 11.5 Å². The number of nitrogens with zero attached hydrogens (tertiary/aromatic N) is 3. The number of amides is 1. The van der Waals surface area contributed by atoms with Gasteiger partial charge in [0.25, 0.3) is 5.91 Å². The van der Waals surface area contributed by atoms with Gasteiger partial charge in [0.05, 0.1) is 19.3 Å². The molecule has 1 aromatic heterocycles. The summed E-state index contributed by atoms with van der Waals surface area (Å²) in [7, 11) is 1.62. The standard InChI is InChI=1S/C32H34ClN5O3S/c1-4-5-11-18-41-26-17-16-22(19-27(26)40-3)29-28(30(39)35-24-13-7-6-8-14-24)21(2)34-31-36-32(37-38(29)31)42-20-23-12-9-10-15-25(23)33/h6-10,12-17,19,29H,4-5,11,18,20H2,1-3H3,(H,35,39)(H,34,36,37). The monoisotopic (exact) mass is 603 g/mol. The molecule has 0 fully saturated rings. The van der Waals surface area contributed by atoms with Gasteiger partial charge in [-0.05, 0) is 54.8 Å². The number of carbonyl (C=O) groups excluding carboxylic acids is 1. The van der Waals surface area contributed by atoms with Gasteiger partial charge in [0.2, 0.25) is 11.1 Å². The second-order valence-electron chi connectivity index (χ2n) is 9.89. The number of thioether (sulfide) groups is 1. The van der Waals surface area contributed by atoms with Gasteiger partial charge in [-0.2, -0.15) is 4.98 Å². The fourth-order valence-electron chi connectivity index (χ4n) is 4.78. The molecular weight excluding hydrogens is 570 g/mol. The van der Waals surface area contributed by atoms with Crippen LogP contribution in [0.1, 0.15) is 50.3 Å². The molecule has 1 amide bonds. The van der Waals surface area contributed by atoms with E-state index in [1.165, 1.54) is 11.8 Å². The number of halogens is 1. The number of nitrogens with one attached hydrogen (secondary N) is 2. The van der Waals surface area contributed by atoms with Crippen LogP contribution in [0.2, 0.25) is 5.02 Å². The topological polar surface area (TPSA) is 90.3 Å². The number of para-hydroxylation sites is 1. The smallest absolute Gasteiger partial charge is 0.255 e. The molecular formula is C32H34ClN5O3S. The molecule has 42 heavy (non-hydrogen) atoms. The Morgan fingerprint density at radius 2 is 1.86 bits per heavy atom. The molecule has 4 aromatic rings. The van der Waals surface area contributed by atoms with Crippen molar-refractivity contribution in [2.45, 2.75) is 50.1 Å². The number of rotatable bonds is 12. The van der Waals surface area contributed by atoms with Gasteiger partial charge < -0.3 is 20.1 Å². The van der Waals surface area contributed by atoms with Crippen LogP contribution in [0.15, 0.2) is 89.2 Å². The lowest BCUT2D eigenvalue weighted by molar-refractivity contribution is -0.113. The highest BCUT2D eigenvalue weighted by molar-refractivity contribution is 7.98. The first-order valence-corrected chi connectivity index (χ1v) is 15.3. The second kappa shape index (κ2) is 13.8. The van der Waals surface area contributed by atoms with Crippen LogP contribution in [0.5, 0.6) is 11.5 Å². The molecule has 1 atom stereocenters. The van der Waals surface area contributed by atoms with Crippen molar-refractivity contribution in [3.8, 4) is 11.5 Å². The predicted molar refractivity (Wildman–Crippen MR) is 169 cm³/mol. The van der Waals surface area contributed by atoms with Gasteiger partial charge in [-0.1, -0.05) is 85.6 Å². The van der Waals surface area contributed by atoms with Crippen LogP contribution in [0.3, 0.4) is 0 Å². The minimum absolute atomic E-state index is 0.235. The van der Waals surface area contributed by atoms with Crippen molar-refractivity contribution in [1.29, 1.82) is 0 Å². The first-order valence-electron chi connectivity index (χ1n) is 14.0. The van der Waals surface area contributed by atoms with E-state index in [0.717, 1.165) is 30.4 Å². The summed E-state index contributed by atoms with van der Waals surface area (Å²) in [5, 5.41) is 12.5. The minimum Gasteiger partial charge on any atom is -0.493 e. The van der Waals surface area contributed by atoms with E-state index < -0.39 is 6.04 Å². The zero-order valence-corrected chi connectivity index (χ0v) is 25.5. The van der Waals surface area contributed by atoms with E-state index in [4.69, 9.17) is 31.2 Å². The molecule has 8 nitrogen and oxygen atoms in total. The van der Waals surface area contributed by atoms with Crippen LogP contribution in [0.4, 0.5) is 11.6 Å². The third-order valence-electron chi connectivity index (χ3n) is 6.93. The first kappa shape index (κ1) is 29.5. The van der Waals surface area contributed by atoms with Crippen molar-refractivity contribution in [3.63, 3.8) is 0 Å². The molecule has 0 aliphatic carbocycles. The largest absolute Gasteiger partial charge is 0.493 e. The zero-order chi connectivity index (χ0) is 29.5. The Balaban J connectivity index is 1.49. The van der Waals surface area contributed by atoms with E-state index in [1.807, 2.05) is 79.7 Å². The molecule has 0 saturated heterocycles. The Labute approximate surface area is 255 Å². The molecule has 5 rings (SSSR count). The zero-order valence-electron chi connectivity index (χ0n) is 23.9. The van der Waals surface area contributed by atoms with E-state index >= 15 is 0 Å². The molecule has 0 radical (unpaired) electrons. The summed E-state index contributed by atoms with van der Waals surface area (Å²) in [4.78, 5) is 18.6. The number of hydrogen-bond donors (Lipinski definition) is 2. The van der Waals surface area contributed by atoms with E-state index in [1.54, 1.807) is 11.8 Å². The number of fused-ring (bicyclic) bond motifs is 1. The van der Waals surface area contributed by atoms with E-state index in [2.05, 4.69) is 17.6 Å². The number of benzene rings is 3. The maximum absolute atomic E-state index is 13.8. The summed E-state index contributed by atoms with van der Waals surface area (Å²) < 4.78 is 13.5. The maximum atomic E-state index is 13.8. The van der Waals surface area contributed by atoms with Gasteiger partial charge in [0.1, 0.15) is 6.04 Å². The summed E-state index contributed by atoms with van der Waals surface area (Å²) >= 11 is 7.86. The maximum Gasteiger partial charge on any atom is 0.255 e. The van der Waals surface area contributed by atoms with Gasteiger partial charge in [0, 0.05) is 22.2 Å². The van der Waals surface area contributed by atoms with Gasteiger partial charge in [-0.15, -0.1) is 5.10 Å². The number of carbonyl (C=O) groups is 1. The molecule has 1 aliphatic rings. The summed E-state index contributed by atoms with van der Waals surface area (Å²) in [6.07, 6.45) is 3.19. The van der Waals surface area contributed by atoms with Gasteiger partial charge in [-0.3, -0.25) is 4.79 Å². The lowest BCUT2D eigenvalue weighted by Gasteiger charge is -2.29. The van der Waals surface area contributed by atoms with Crippen LogP contribution in [0.25, 0.3) is 0 Å². The number of allylic oxidation sites excluding steroid dienone is 1. The van der Waals surface area contributed by atoms with E-state index in [-0.39, 0.29) is 5.91 Å². The van der Waals surface area contributed by atoms with Crippen molar-refractivity contribution in [2.24, 2.45) is 0 Å². The Bertz CT molecular complexity index is 1570. The third kappa shape index (κ3) is 6.74. The quantitative estimate of drug-likeness (QED) is 0.126. The number of ether oxygens (including phenoxy) is 2. The molecule has 1 aliphatic heterocycles. The SMILES string of the molecule is CCCCCOc1ccc(C2C(C(=O)Nc3ccccc3)=C(C)Nc3nc(SCc4ccccc4Cl)nn32)cc1OC. The molecule has 218 valence electrons. The van der Waals surface area contributed by atoms with Crippen molar-refractivity contribution in [3.05, 3.63) is 100 Å². The molecule has 0 saturated carbocycles. The second-order valence-corrected chi connectivity index (χ2v) is 11.2. The number of hydrogen-bond acceptors (Lipinski definition) is 7. The Morgan fingerprint density at radius 1 is 1.07 bits per heavy atom. The number of methoxy groups -OCH3 is 1. The highest BCUT2D eigenvalue weighted by Crippen LogP contribution is 2.40. The van der Waals surface area contributed by atoms with E-state index in [0.29, 0.717) is 56.9 Å². The molecule has 1 unspecified atom stereocenters. The average molecular weight is 604 g/mol. The molecule has 3 aromatic carbocycles. The lowest BCUT2D eigenvalue weighted by atomic mass is 9.94. The van der Waals surface area contributed by atoms with Crippen LogP contribution in [0, 0.1) is 0 Å². The first-order chi connectivity index (χ1) is 20.5. The fourth-order valence-corrected chi connectivity index (χ4v) is 5.90. The number of aromatic nitrogens is 3. The normalized spacial score (nSPS) is 14.2. The predicted octanol–water partition coefficient (Wildman–Crippen LogP) is 7.73. The Hall–Kier alpha value is -3.95. The summed E-state index contributed by atoms with van der Waals surface area (Å²) in [5.41, 5.74) is 3.74. The Kier molecular flexibility index (Phi) is 9.71. The summed E-state index contributed by atoms with van der Waals surface area (Å²) in [6.45, 7) is 4.65. The fraction of sp³-hybridized carbons (Fsp3) is 0.281. The molecule has 0 spiro atoms. The lowest BCUT2D eigenvalue weighted by Crippen LogP contribution is -2.31. The molecule has 2 heterocycles. The molecule has 0 bridgehead atoms. The minimum atomic E-state index is -0.560. The summed E-state index contributed by atoms with van der Waals surface area (Å²) in [5.74, 6) is 2.19. The van der Waals surface area contributed by atoms with Gasteiger partial charge in [-0.25, -0.2) is 4.68 Å². The molecule has 2 N–H and O–H groups in total. The van der Waals surface area contributed by atoms with Crippen LogP contribution >= 0.6 is 23.4 Å². The highest BCUT2D eigenvalue weighted by atomic mass is 35.5. The van der Waals surface area contributed by atoms with Crippen molar-refractivity contribution < 1.29 is 14.3 Å². The Morgan fingerprint density at radius 3 is 2.62 bits per heavy atom. The van der Waals surface area contributed by atoms with Crippen LogP contribution < -0.4 is 20.1 Å². The van der Waals surface area contributed by atoms with Crippen molar-refractivity contribution in [2.75, 3.05) is 24.4 Å². The third-order valence-corrected chi connectivity index (χ3v) is 8.19. The van der Waals surface area contributed by atoms with E-state index in [9.17, 15) is 4.79 Å². The highest BCUT2D eigenvalue weighted by Gasteiger charge is 2.35. The summed E-state index contributed by atoms with van der Waals surface area (Å²) in [6, 6.07) is 22.3. The van der Waals surface area contributed by atoms with Crippen LogP contribution in [-0.2, 0) is 10.5 Å². The van der Waals surface area contributed by atoms with Crippen molar-refractivity contribution >= 4 is 40.9 Å². The number of anilines is 2. The van der Waals surface area contributed by atoms with Crippen molar-refractivity contribution in [1.82, 2.24) is 14.8 Å². The molecule has 10 heteroatoms. The van der Waals surface area contributed by atoms with Gasteiger partial charge >= 0.3 is 0 Å².